The minimum atomic E-state index is -0.715. The number of nitrogens with zero attached hydrogens (tertiary/aromatic N) is 7. The fourth-order valence-corrected chi connectivity index (χ4v) is 6.59. The van der Waals surface area contributed by atoms with Crippen molar-refractivity contribution < 1.29 is 0 Å². The van der Waals surface area contributed by atoms with E-state index in [9.17, 15) is 0 Å². The van der Waals surface area contributed by atoms with Crippen molar-refractivity contribution in [2.75, 3.05) is 49.9 Å². The summed E-state index contributed by atoms with van der Waals surface area (Å²) in [5, 5.41) is 0. The molecule has 40 heavy (non-hydrogen) atoms. The van der Waals surface area contributed by atoms with Gasteiger partial charge in [0.2, 0.25) is 0 Å². The molecule has 0 unspecified atom stereocenters. The van der Waals surface area contributed by atoms with Crippen molar-refractivity contribution in [3.63, 3.8) is 0 Å². The second-order valence-corrected chi connectivity index (χ2v) is 11.0. The molecular formula is C32H30BN7. The molecule has 196 valence electrons. The largest absolute Gasteiger partial charge is 0.378 e. The van der Waals surface area contributed by atoms with E-state index >= 15 is 0 Å². The fourth-order valence-electron chi connectivity index (χ4n) is 6.59. The van der Waals surface area contributed by atoms with E-state index in [1.54, 1.807) is 12.7 Å². The molecule has 0 saturated carbocycles. The molecular weight excluding hydrogens is 493 g/mol. The molecule has 0 radical (unpaired) electrons. The van der Waals surface area contributed by atoms with E-state index in [1.807, 2.05) is 18.5 Å². The van der Waals surface area contributed by atoms with E-state index in [1.165, 1.54) is 0 Å². The highest BCUT2D eigenvalue weighted by Gasteiger charge is 2.54. The van der Waals surface area contributed by atoms with Gasteiger partial charge in [-0.3, -0.25) is 4.98 Å². The van der Waals surface area contributed by atoms with E-state index in [-0.39, 0.29) is 6.71 Å². The second-order valence-electron chi connectivity index (χ2n) is 11.0. The first-order valence-corrected chi connectivity index (χ1v) is 13.5. The average Bonchev–Trinajstić information content (AvgIpc) is 2.99. The van der Waals surface area contributed by atoms with Crippen LogP contribution in [0, 0.1) is 0 Å². The van der Waals surface area contributed by atoms with Gasteiger partial charge in [0.1, 0.15) is 12.7 Å². The van der Waals surface area contributed by atoms with Gasteiger partial charge in [0.15, 0.2) is 0 Å². The Kier molecular flexibility index (Phi) is 5.42. The summed E-state index contributed by atoms with van der Waals surface area (Å²) in [5.41, 5.74) is 11.4. The Bertz CT molecular complexity index is 1640. The average molecular weight is 523 g/mol. The molecule has 2 aliphatic rings. The topological polar surface area (TPSA) is 61.3 Å². The van der Waals surface area contributed by atoms with Crippen molar-refractivity contribution in [2.45, 2.75) is 5.41 Å². The number of aromatic nitrogens is 4. The summed E-state index contributed by atoms with van der Waals surface area (Å²) in [5.74, 6) is 0. The highest BCUT2D eigenvalue weighted by Crippen LogP contribution is 2.56. The monoisotopic (exact) mass is 523 g/mol. The molecule has 0 atom stereocenters. The number of hydrogen-bond acceptors (Lipinski definition) is 7. The normalized spacial score (nSPS) is 14.2. The summed E-state index contributed by atoms with van der Waals surface area (Å²) >= 11 is 0. The van der Waals surface area contributed by atoms with Crippen LogP contribution in [0.4, 0.5) is 22.7 Å². The lowest BCUT2D eigenvalue weighted by molar-refractivity contribution is 0.694. The van der Waals surface area contributed by atoms with E-state index in [2.05, 4.69) is 121 Å². The zero-order valence-electron chi connectivity index (χ0n) is 23.4. The number of fused-ring (bicyclic) bond motifs is 8. The van der Waals surface area contributed by atoms with Crippen molar-refractivity contribution in [3.05, 3.63) is 114 Å². The summed E-state index contributed by atoms with van der Waals surface area (Å²) in [4.78, 5) is 25.9. The van der Waals surface area contributed by atoms with Crippen LogP contribution in [0.15, 0.2) is 91.8 Å². The quantitative estimate of drug-likeness (QED) is 0.331. The van der Waals surface area contributed by atoms with Crippen LogP contribution in [0.25, 0.3) is 0 Å². The maximum atomic E-state index is 5.10. The number of anilines is 4. The molecule has 0 amide bonds. The highest BCUT2D eigenvalue weighted by atomic mass is 15.1. The molecule has 0 aliphatic carbocycles. The summed E-state index contributed by atoms with van der Waals surface area (Å²) in [6, 6.07) is 24.0. The molecule has 5 aromatic rings. The van der Waals surface area contributed by atoms with E-state index in [0.29, 0.717) is 0 Å². The third-order valence-corrected chi connectivity index (χ3v) is 8.49. The van der Waals surface area contributed by atoms with E-state index < -0.39 is 5.41 Å². The molecule has 4 heterocycles. The summed E-state index contributed by atoms with van der Waals surface area (Å²) in [7, 11) is 10.5. The molecule has 1 spiro atoms. The lowest BCUT2D eigenvalue weighted by Crippen LogP contribution is -2.64. The van der Waals surface area contributed by atoms with Crippen molar-refractivity contribution in [3.8, 4) is 0 Å². The maximum absolute atomic E-state index is 5.10. The maximum Gasteiger partial charge on any atom is 0.269 e. The standard InChI is InChI=1S/C32H30BN7/c1-38(2)22-11-13-24-28(15-22)40(5)29-16-23(39(3)4)12-14-25(29)32(24)26-17-34-20-37-31(26)33(21-9-7-6-8-10-21)27-18-35-19-36-30(27)32/h6-20H,1-5H3. The first-order chi connectivity index (χ1) is 19.4. The molecule has 2 aliphatic heterocycles. The molecule has 7 nitrogen and oxygen atoms in total. The third-order valence-electron chi connectivity index (χ3n) is 8.49. The van der Waals surface area contributed by atoms with Gasteiger partial charge in [-0.15, -0.1) is 0 Å². The molecule has 2 aromatic heterocycles. The lowest BCUT2D eigenvalue weighted by atomic mass is 9.33. The van der Waals surface area contributed by atoms with Crippen molar-refractivity contribution in [1.29, 1.82) is 0 Å². The number of rotatable bonds is 3. The number of benzene rings is 3. The van der Waals surface area contributed by atoms with Crippen LogP contribution >= 0.6 is 0 Å². The van der Waals surface area contributed by atoms with Crippen molar-refractivity contribution in [2.24, 2.45) is 0 Å². The minimum Gasteiger partial charge on any atom is -0.378 e. The van der Waals surface area contributed by atoms with Crippen LogP contribution in [-0.4, -0.2) is 61.9 Å². The Morgan fingerprint density at radius 2 is 1.30 bits per heavy atom. The van der Waals surface area contributed by atoms with Crippen LogP contribution < -0.4 is 31.2 Å². The Balaban J connectivity index is 1.65. The van der Waals surface area contributed by atoms with Crippen LogP contribution in [0.2, 0.25) is 0 Å². The zero-order valence-corrected chi connectivity index (χ0v) is 23.4. The molecule has 3 aromatic carbocycles. The number of hydrogen-bond donors (Lipinski definition) is 0. The van der Waals surface area contributed by atoms with Gasteiger partial charge in [-0.1, -0.05) is 47.9 Å². The highest BCUT2D eigenvalue weighted by molar-refractivity contribution is 6.96. The van der Waals surface area contributed by atoms with Crippen LogP contribution in [0.3, 0.4) is 0 Å². The van der Waals surface area contributed by atoms with Gasteiger partial charge in [-0.2, -0.15) is 0 Å². The van der Waals surface area contributed by atoms with Crippen LogP contribution in [0.1, 0.15) is 22.4 Å². The summed E-state index contributed by atoms with van der Waals surface area (Å²) in [6.45, 7) is -0.102. The van der Waals surface area contributed by atoms with Crippen molar-refractivity contribution in [1.82, 2.24) is 19.9 Å². The summed E-state index contributed by atoms with van der Waals surface area (Å²) in [6.07, 6.45) is 7.32. The van der Waals surface area contributed by atoms with Crippen LogP contribution in [-0.2, 0) is 5.41 Å². The smallest absolute Gasteiger partial charge is 0.269 e. The first-order valence-electron chi connectivity index (χ1n) is 13.5. The minimum absolute atomic E-state index is 0.102. The molecule has 0 fully saturated rings. The second kappa shape index (κ2) is 8.91. The van der Waals surface area contributed by atoms with E-state index in [4.69, 9.17) is 9.97 Å². The van der Waals surface area contributed by atoms with Gasteiger partial charge >= 0.3 is 0 Å². The molecule has 0 bridgehead atoms. The Morgan fingerprint density at radius 1 is 0.700 bits per heavy atom. The SMILES string of the molecule is CN(C)c1ccc2c(c1)N(C)c1cc(N(C)C)ccc1C21c2cncnc2B(c2ccccc2)c2cncnc21. The van der Waals surface area contributed by atoms with Gasteiger partial charge < -0.3 is 14.7 Å². The predicted molar refractivity (Wildman–Crippen MR) is 164 cm³/mol. The lowest BCUT2D eigenvalue weighted by Gasteiger charge is -2.48. The Morgan fingerprint density at radius 3 is 1.93 bits per heavy atom. The Hall–Kier alpha value is -4.72. The van der Waals surface area contributed by atoms with Crippen LogP contribution in [0.5, 0.6) is 0 Å². The Labute approximate surface area is 235 Å². The van der Waals surface area contributed by atoms with Gasteiger partial charge in [-0.25, -0.2) is 15.0 Å². The van der Waals surface area contributed by atoms with Gasteiger partial charge in [0, 0.05) is 81.5 Å². The predicted octanol–water partition coefficient (Wildman–Crippen LogP) is 2.69. The van der Waals surface area contributed by atoms with Gasteiger partial charge in [0.25, 0.3) is 6.71 Å². The van der Waals surface area contributed by atoms with E-state index in [0.717, 1.165) is 61.7 Å². The van der Waals surface area contributed by atoms with Gasteiger partial charge in [0.05, 0.1) is 11.1 Å². The third kappa shape index (κ3) is 3.25. The van der Waals surface area contributed by atoms with Crippen molar-refractivity contribution >= 4 is 46.0 Å². The molecule has 0 N–H and O–H groups in total. The fraction of sp³-hybridized carbons (Fsp3) is 0.188. The first kappa shape index (κ1) is 24.3. The summed E-state index contributed by atoms with van der Waals surface area (Å²) < 4.78 is 0. The zero-order chi connectivity index (χ0) is 27.6. The molecule has 7 rings (SSSR count). The van der Waals surface area contributed by atoms with Gasteiger partial charge in [-0.05, 0) is 40.9 Å². The molecule has 8 heteroatoms. The molecule has 0 saturated heterocycles.